The van der Waals surface area contributed by atoms with Gasteiger partial charge in [0.2, 0.25) is 0 Å². The maximum absolute atomic E-state index is 12.0. The van der Waals surface area contributed by atoms with Crippen molar-refractivity contribution in [3.8, 4) is 0 Å². The number of para-hydroxylation sites is 2. The molecule has 26 heavy (non-hydrogen) atoms. The number of hydrogen-bond acceptors (Lipinski definition) is 2. The second-order valence-electron chi connectivity index (χ2n) is 6.09. The monoisotopic (exact) mass is 364 g/mol. The van der Waals surface area contributed by atoms with Gasteiger partial charge in [-0.15, -0.1) is 0 Å². The molecule has 0 spiro atoms. The first-order chi connectivity index (χ1) is 12.7. The second-order valence-corrected chi connectivity index (χ2v) is 6.53. The molecule has 0 saturated heterocycles. The zero-order chi connectivity index (χ0) is 17.9. The number of aromatic nitrogens is 3. The SMILES string of the molecule is O=C(NCc1ccc(Cn2cnc3ccccc32)cc1)c1cc(Cl)c[nH]1. The number of amides is 1. The molecule has 6 heteroatoms. The lowest BCUT2D eigenvalue weighted by molar-refractivity contribution is 0.0946. The summed E-state index contributed by atoms with van der Waals surface area (Å²) in [5.74, 6) is -0.175. The van der Waals surface area contributed by atoms with Crippen molar-refractivity contribution in [1.82, 2.24) is 19.9 Å². The minimum atomic E-state index is -0.175. The number of H-pyrrole nitrogens is 1. The van der Waals surface area contributed by atoms with Gasteiger partial charge in [-0.2, -0.15) is 0 Å². The van der Waals surface area contributed by atoms with Crippen LogP contribution in [0.1, 0.15) is 21.6 Å². The normalized spacial score (nSPS) is 11.0. The topological polar surface area (TPSA) is 62.7 Å². The van der Waals surface area contributed by atoms with Crippen molar-refractivity contribution in [3.05, 3.63) is 89.0 Å². The number of nitrogens with one attached hydrogen (secondary N) is 2. The van der Waals surface area contributed by atoms with Crippen LogP contribution in [0.15, 0.2) is 67.1 Å². The quantitative estimate of drug-likeness (QED) is 0.562. The Morgan fingerprint density at radius 1 is 1.12 bits per heavy atom. The summed E-state index contributed by atoms with van der Waals surface area (Å²) >= 11 is 5.82. The molecule has 4 rings (SSSR count). The van der Waals surface area contributed by atoms with Crippen molar-refractivity contribution in [1.29, 1.82) is 0 Å². The van der Waals surface area contributed by atoms with Crippen LogP contribution < -0.4 is 5.32 Å². The zero-order valence-corrected chi connectivity index (χ0v) is 14.7. The lowest BCUT2D eigenvalue weighted by atomic mass is 10.1. The number of aromatic amines is 1. The number of benzene rings is 2. The van der Waals surface area contributed by atoms with E-state index in [-0.39, 0.29) is 5.91 Å². The van der Waals surface area contributed by atoms with Crippen molar-refractivity contribution in [2.75, 3.05) is 0 Å². The van der Waals surface area contributed by atoms with Gasteiger partial charge >= 0.3 is 0 Å². The molecule has 0 radical (unpaired) electrons. The molecule has 0 aliphatic rings. The standard InChI is InChI=1S/C20H17ClN4O/c21-16-9-18(22-11-16)20(26)23-10-14-5-7-15(8-6-14)12-25-13-24-17-3-1-2-4-19(17)25/h1-9,11,13,22H,10,12H2,(H,23,26). The molecule has 0 aliphatic heterocycles. The lowest BCUT2D eigenvalue weighted by Crippen LogP contribution is -2.23. The number of nitrogens with zero attached hydrogens (tertiary/aromatic N) is 2. The summed E-state index contributed by atoms with van der Waals surface area (Å²) in [6.45, 7) is 1.22. The average Bonchev–Trinajstić information content (AvgIpc) is 3.28. The fourth-order valence-electron chi connectivity index (χ4n) is 2.87. The van der Waals surface area contributed by atoms with Crippen LogP contribution in [-0.2, 0) is 13.1 Å². The number of carbonyl (C=O) groups excluding carboxylic acids is 1. The molecule has 2 heterocycles. The Labute approximate surface area is 155 Å². The van der Waals surface area contributed by atoms with E-state index >= 15 is 0 Å². The highest BCUT2D eigenvalue weighted by Crippen LogP contribution is 2.15. The number of hydrogen-bond donors (Lipinski definition) is 2. The van der Waals surface area contributed by atoms with Crippen molar-refractivity contribution in [2.45, 2.75) is 13.1 Å². The van der Waals surface area contributed by atoms with E-state index in [2.05, 4.69) is 38.1 Å². The van der Waals surface area contributed by atoms with Gasteiger partial charge < -0.3 is 14.9 Å². The summed E-state index contributed by atoms with van der Waals surface area (Å²) in [4.78, 5) is 19.3. The Balaban J connectivity index is 1.40. The fourth-order valence-corrected chi connectivity index (χ4v) is 3.04. The average molecular weight is 365 g/mol. The predicted octanol–water partition coefficient (Wildman–Crippen LogP) is 4.00. The Hall–Kier alpha value is -3.05. The highest BCUT2D eigenvalue weighted by molar-refractivity contribution is 6.30. The molecule has 2 aromatic carbocycles. The van der Waals surface area contributed by atoms with Gasteiger partial charge in [0, 0.05) is 19.3 Å². The zero-order valence-electron chi connectivity index (χ0n) is 13.9. The van der Waals surface area contributed by atoms with Gasteiger partial charge in [-0.3, -0.25) is 4.79 Å². The second kappa shape index (κ2) is 7.06. The van der Waals surface area contributed by atoms with Crippen LogP contribution in [0.25, 0.3) is 11.0 Å². The minimum Gasteiger partial charge on any atom is -0.356 e. The van der Waals surface area contributed by atoms with Crippen molar-refractivity contribution < 1.29 is 4.79 Å². The van der Waals surface area contributed by atoms with Gasteiger partial charge in [0.05, 0.1) is 22.4 Å². The van der Waals surface area contributed by atoms with Crippen LogP contribution in [0.2, 0.25) is 5.02 Å². The molecule has 0 bridgehead atoms. The number of carbonyl (C=O) groups is 1. The third-order valence-electron chi connectivity index (χ3n) is 4.25. The van der Waals surface area contributed by atoms with Crippen LogP contribution in [0.5, 0.6) is 0 Å². The maximum atomic E-state index is 12.0. The summed E-state index contributed by atoms with van der Waals surface area (Å²) in [6.07, 6.45) is 3.45. The molecule has 0 atom stereocenters. The van der Waals surface area contributed by atoms with E-state index in [0.717, 1.165) is 23.1 Å². The van der Waals surface area contributed by atoms with E-state index in [0.29, 0.717) is 17.3 Å². The van der Waals surface area contributed by atoms with Crippen LogP contribution in [0.3, 0.4) is 0 Å². The van der Waals surface area contributed by atoms with Gasteiger partial charge in [0.1, 0.15) is 5.69 Å². The third kappa shape index (κ3) is 3.48. The number of imidazole rings is 1. The molecule has 0 aliphatic carbocycles. The van der Waals surface area contributed by atoms with Crippen molar-refractivity contribution in [2.24, 2.45) is 0 Å². The van der Waals surface area contributed by atoms with E-state index in [1.807, 2.05) is 36.7 Å². The highest BCUT2D eigenvalue weighted by Gasteiger charge is 2.07. The van der Waals surface area contributed by atoms with Gasteiger partial charge in [-0.05, 0) is 29.3 Å². The smallest absolute Gasteiger partial charge is 0.268 e. The van der Waals surface area contributed by atoms with Crippen LogP contribution in [0.4, 0.5) is 0 Å². The van der Waals surface area contributed by atoms with Crippen molar-refractivity contribution >= 4 is 28.5 Å². The molecule has 5 nitrogen and oxygen atoms in total. The Kier molecular flexibility index (Phi) is 4.46. The van der Waals surface area contributed by atoms with Gasteiger partial charge in [-0.25, -0.2) is 4.98 Å². The fraction of sp³-hybridized carbons (Fsp3) is 0.100. The van der Waals surface area contributed by atoms with Crippen LogP contribution >= 0.6 is 11.6 Å². The lowest BCUT2D eigenvalue weighted by Gasteiger charge is -2.07. The van der Waals surface area contributed by atoms with Gasteiger partial charge in [-0.1, -0.05) is 48.0 Å². The van der Waals surface area contributed by atoms with Crippen LogP contribution in [0, 0.1) is 0 Å². The van der Waals surface area contributed by atoms with Gasteiger partial charge in [0.15, 0.2) is 0 Å². The van der Waals surface area contributed by atoms with E-state index in [4.69, 9.17) is 11.6 Å². The summed E-state index contributed by atoms with van der Waals surface area (Å²) in [5.41, 5.74) is 4.79. The number of fused-ring (bicyclic) bond motifs is 1. The Morgan fingerprint density at radius 2 is 1.88 bits per heavy atom. The molecule has 130 valence electrons. The largest absolute Gasteiger partial charge is 0.356 e. The first-order valence-electron chi connectivity index (χ1n) is 8.29. The Morgan fingerprint density at radius 3 is 2.65 bits per heavy atom. The van der Waals surface area contributed by atoms with Gasteiger partial charge in [0.25, 0.3) is 5.91 Å². The van der Waals surface area contributed by atoms with Crippen LogP contribution in [-0.4, -0.2) is 20.4 Å². The molecule has 4 aromatic rings. The number of rotatable bonds is 5. The molecule has 1 amide bonds. The molecule has 2 aromatic heterocycles. The van der Waals surface area contributed by atoms with Crippen molar-refractivity contribution in [3.63, 3.8) is 0 Å². The first kappa shape index (κ1) is 16.4. The van der Waals surface area contributed by atoms with E-state index in [1.54, 1.807) is 12.3 Å². The minimum absolute atomic E-state index is 0.175. The molecule has 2 N–H and O–H groups in total. The first-order valence-corrected chi connectivity index (χ1v) is 8.66. The molecular weight excluding hydrogens is 348 g/mol. The third-order valence-corrected chi connectivity index (χ3v) is 4.47. The molecule has 0 saturated carbocycles. The molecule has 0 fully saturated rings. The molecular formula is C20H17ClN4O. The van der Waals surface area contributed by atoms with E-state index in [9.17, 15) is 4.79 Å². The molecule has 0 unspecified atom stereocenters. The highest BCUT2D eigenvalue weighted by atomic mass is 35.5. The summed E-state index contributed by atoms with van der Waals surface area (Å²) in [5, 5.41) is 3.39. The Bertz CT molecular complexity index is 1050. The summed E-state index contributed by atoms with van der Waals surface area (Å²) in [7, 11) is 0. The van der Waals surface area contributed by atoms with E-state index in [1.165, 1.54) is 5.56 Å². The van der Waals surface area contributed by atoms with E-state index < -0.39 is 0 Å². The maximum Gasteiger partial charge on any atom is 0.268 e. The predicted molar refractivity (Wildman–Crippen MR) is 102 cm³/mol. The summed E-state index contributed by atoms with van der Waals surface area (Å²) < 4.78 is 2.13. The summed E-state index contributed by atoms with van der Waals surface area (Å²) in [6, 6.07) is 17.9. The number of halogens is 1.